The lowest BCUT2D eigenvalue weighted by atomic mass is 10.1. The largest absolute Gasteiger partial charge is 0.433 e. The number of hydrogen-bond acceptors (Lipinski definition) is 5. The number of anilines is 1. The first-order chi connectivity index (χ1) is 14.2. The summed E-state index contributed by atoms with van der Waals surface area (Å²) in [6.07, 6.45) is -2.14. The average Bonchev–Trinajstić information content (AvgIpc) is 2.71. The standard InChI is InChI=1S/C20H15F4N5O/c1-26-17(8-9-25)19(30)29-14-3-2-11(10-12(14)21)13-4-5-16-15(27-13)6-7-18(28-16)20(22,23)24/h2-10H,25H2,1H3,(H,29,30). The zero-order valence-corrected chi connectivity index (χ0v) is 15.5. The number of rotatable bonds is 4. The van der Waals surface area contributed by atoms with Crippen molar-refractivity contribution in [3.05, 3.63) is 66.3 Å². The summed E-state index contributed by atoms with van der Waals surface area (Å²) in [6.45, 7) is 0. The van der Waals surface area contributed by atoms with Crippen LogP contribution in [0.5, 0.6) is 0 Å². The van der Waals surface area contributed by atoms with Gasteiger partial charge in [0.25, 0.3) is 5.91 Å². The van der Waals surface area contributed by atoms with Crippen LogP contribution in [0.15, 0.2) is 59.7 Å². The number of halogens is 4. The van der Waals surface area contributed by atoms with Gasteiger partial charge in [0.05, 0.1) is 22.4 Å². The van der Waals surface area contributed by atoms with Crippen LogP contribution in [-0.4, -0.2) is 28.6 Å². The number of alkyl halides is 3. The average molecular weight is 417 g/mol. The summed E-state index contributed by atoms with van der Waals surface area (Å²) in [7, 11) is 1.40. The van der Waals surface area contributed by atoms with Gasteiger partial charge < -0.3 is 11.1 Å². The summed E-state index contributed by atoms with van der Waals surface area (Å²) in [5.41, 5.74) is 5.17. The molecule has 1 aromatic carbocycles. The molecule has 0 bridgehead atoms. The molecule has 0 aliphatic heterocycles. The van der Waals surface area contributed by atoms with E-state index in [0.29, 0.717) is 11.3 Å². The lowest BCUT2D eigenvalue weighted by Gasteiger charge is -2.09. The second-order valence-electron chi connectivity index (χ2n) is 6.05. The van der Waals surface area contributed by atoms with E-state index in [1.54, 1.807) is 0 Å². The molecule has 1 amide bonds. The van der Waals surface area contributed by atoms with Crippen LogP contribution < -0.4 is 11.1 Å². The Balaban J connectivity index is 1.89. The second kappa shape index (κ2) is 8.27. The molecule has 2 heterocycles. The minimum absolute atomic E-state index is 0.0166. The summed E-state index contributed by atoms with van der Waals surface area (Å²) in [5, 5.41) is 2.39. The highest BCUT2D eigenvalue weighted by atomic mass is 19.4. The van der Waals surface area contributed by atoms with Crippen LogP contribution in [0.25, 0.3) is 22.3 Å². The topological polar surface area (TPSA) is 93.3 Å². The van der Waals surface area contributed by atoms with Crippen molar-refractivity contribution in [1.82, 2.24) is 9.97 Å². The first-order valence-corrected chi connectivity index (χ1v) is 8.54. The Hall–Kier alpha value is -3.82. The number of benzene rings is 1. The predicted molar refractivity (Wildman–Crippen MR) is 105 cm³/mol. The SMILES string of the molecule is CN=C(C=CN)C(=O)Nc1ccc(-c2ccc3nc(C(F)(F)F)ccc3n2)cc1F. The molecule has 0 atom stereocenters. The van der Waals surface area contributed by atoms with Crippen molar-refractivity contribution in [3.63, 3.8) is 0 Å². The van der Waals surface area contributed by atoms with Gasteiger partial charge in [-0.15, -0.1) is 0 Å². The molecule has 3 N–H and O–H groups in total. The molecule has 0 fully saturated rings. The van der Waals surface area contributed by atoms with Crippen molar-refractivity contribution in [2.75, 3.05) is 12.4 Å². The fourth-order valence-corrected chi connectivity index (χ4v) is 2.63. The molecule has 0 unspecified atom stereocenters. The lowest BCUT2D eigenvalue weighted by Crippen LogP contribution is -2.22. The number of amides is 1. The quantitative estimate of drug-likeness (QED) is 0.497. The van der Waals surface area contributed by atoms with Gasteiger partial charge in [0.1, 0.15) is 17.2 Å². The highest BCUT2D eigenvalue weighted by Crippen LogP contribution is 2.30. The van der Waals surface area contributed by atoms with Gasteiger partial charge in [-0.05, 0) is 48.7 Å². The molecule has 0 radical (unpaired) electrons. The first kappa shape index (κ1) is 20.9. The maximum absolute atomic E-state index is 14.5. The Bertz CT molecular complexity index is 1170. The number of pyridine rings is 2. The Labute approximate surface area is 168 Å². The zero-order valence-electron chi connectivity index (χ0n) is 15.5. The van der Waals surface area contributed by atoms with E-state index in [-0.39, 0.29) is 22.4 Å². The van der Waals surface area contributed by atoms with Crippen molar-refractivity contribution < 1.29 is 22.4 Å². The number of nitrogens with zero attached hydrogens (tertiary/aromatic N) is 3. The Morgan fingerprint density at radius 2 is 1.80 bits per heavy atom. The van der Waals surface area contributed by atoms with Gasteiger partial charge in [-0.1, -0.05) is 6.07 Å². The van der Waals surface area contributed by atoms with Gasteiger partial charge in [0, 0.05) is 12.6 Å². The van der Waals surface area contributed by atoms with Crippen LogP contribution in [0.1, 0.15) is 5.69 Å². The predicted octanol–water partition coefficient (Wildman–Crippen LogP) is 3.94. The van der Waals surface area contributed by atoms with Gasteiger partial charge >= 0.3 is 6.18 Å². The molecule has 10 heteroatoms. The van der Waals surface area contributed by atoms with E-state index in [4.69, 9.17) is 5.73 Å². The highest BCUT2D eigenvalue weighted by molar-refractivity contribution is 6.47. The molecule has 3 rings (SSSR count). The van der Waals surface area contributed by atoms with Crippen LogP contribution in [0.4, 0.5) is 23.2 Å². The summed E-state index contributed by atoms with van der Waals surface area (Å²) in [4.78, 5) is 23.6. The third kappa shape index (κ3) is 4.43. The van der Waals surface area contributed by atoms with E-state index >= 15 is 0 Å². The number of aliphatic imine (C=N–C) groups is 1. The third-order valence-electron chi connectivity index (χ3n) is 4.07. The molecule has 0 saturated carbocycles. The number of carbonyl (C=O) groups is 1. The molecule has 30 heavy (non-hydrogen) atoms. The maximum atomic E-state index is 14.5. The van der Waals surface area contributed by atoms with E-state index in [2.05, 4.69) is 20.3 Å². The monoisotopic (exact) mass is 417 g/mol. The Morgan fingerprint density at radius 3 is 2.43 bits per heavy atom. The van der Waals surface area contributed by atoms with Crippen LogP contribution in [0.2, 0.25) is 0 Å². The molecule has 0 saturated heterocycles. The Morgan fingerprint density at radius 1 is 1.10 bits per heavy atom. The molecule has 154 valence electrons. The van der Waals surface area contributed by atoms with E-state index in [1.165, 1.54) is 43.5 Å². The maximum Gasteiger partial charge on any atom is 0.433 e. The second-order valence-corrected chi connectivity index (χ2v) is 6.05. The van der Waals surface area contributed by atoms with Gasteiger partial charge in [0.2, 0.25) is 0 Å². The van der Waals surface area contributed by atoms with Crippen LogP contribution in [0, 0.1) is 5.82 Å². The Kier molecular flexibility index (Phi) is 5.77. The van der Waals surface area contributed by atoms with Gasteiger partial charge in [-0.2, -0.15) is 13.2 Å². The van der Waals surface area contributed by atoms with E-state index in [1.807, 2.05) is 0 Å². The van der Waals surface area contributed by atoms with E-state index in [9.17, 15) is 22.4 Å². The molecular formula is C20H15F4N5O. The van der Waals surface area contributed by atoms with Crippen molar-refractivity contribution in [2.24, 2.45) is 10.7 Å². The normalized spacial score (nSPS) is 12.5. The van der Waals surface area contributed by atoms with Gasteiger partial charge in [-0.3, -0.25) is 9.79 Å². The van der Waals surface area contributed by atoms with E-state index < -0.39 is 23.6 Å². The molecule has 0 aliphatic rings. The minimum Gasteiger partial charge on any atom is -0.405 e. The molecular weight excluding hydrogens is 402 g/mol. The molecule has 6 nitrogen and oxygen atoms in total. The van der Waals surface area contributed by atoms with Crippen molar-refractivity contribution in [1.29, 1.82) is 0 Å². The van der Waals surface area contributed by atoms with Gasteiger partial charge in [0.15, 0.2) is 0 Å². The molecule has 3 aromatic rings. The third-order valence-corrected chi connectivity index (χ3v) is 4.07. The number of nitrogens with two attached hydrogens (primary N) is 1. The fourth-order valence-electron chi connectivity index (χ4n) is 2.63. The van der Waals surface area contributed by atoms with Crippen LogP contribution in [0.3, 0.4) is 0 Å². The molecule has 0 aliphatic carbocycles. The summed E-state index contributed by atoms with van der Waals surface area (Å²) >= 11 is 0. The highest BCUT2D eigenvalue weighted by Gasteiger charge is 2.32. The van der Waals surface area contributed by atoms with Crippen molar-refractivity contribution in [3.8, 4) is 11.3 Å². The summed E-state index contributed by atoms with van der Waals surface area (Å²) in [5.74, 6) is -1.36. The minimum atomic E-state index is -4.56. The molecule has 2 aromatic heterocycles. The summed E-state index contributed by atoms with van der Waals surface area (Å²) < 4.78 is 52.8. The van der Waals surface area contributed by atoms with Crippen molar-refractivity contribution >= 4 is 28.3 Å². The number of hydrogen-bond donors (Lipinski definition) is 2. The number of fused-ring (bicyclic) bond motifs is 1. The first-order valence-electron chi connectivity index (χ1n) is 8.54. The van der Waals surface area contributed by atoms with Crippen molar-refractivity contribution in [2.45, 2.75) is 6.18 Å². The van der Waals surface area contributed by atoms with Crippen LogP contribution >= 0.6 is 0 Å². The zero-order chi connectivity index (χ0) is 21.9. The fraction of sp³-hybridized carbons (Fsp3) is 0.100. The smallest absolute Gasteiger partial charge is 0.405 e. The van der Waals surface area contributed by atoms with Crippen LogP contribution in [-0.2, 0) is 11.0 Å². The molecule has 0 spiro atoms. The lowest BCUT2D eigenvalue weighted by molar-refractivity contribution is -0.141. The number of aromatic nitrogens is 2. The number of carbonyl (C=O) groups excluding carboxylic acids is 1. The van der Waals surface area contributed by atoms with Gasteiger partial charge in [-0.25, -0.2) is 14.4 Å². The van der Waals surface area contributed by atoms with E-state index in [0.717, 1.165) is 18.3 Å². The number of nitrogens with one attached hydrogen (secondary N) is 1. The summed E-state index contributed by atoms with van der Waals surface area (Å²) in [6, 6.07) is 8.88.